The molecule has 2 nitrogen and oxygen atoms in total. The summed E-state index contributed by atoms with van der Waals surface area (Å²) in [5, 5.41) is 10.2. The average Bonchev–Trinajstić information content (AvgIpc) is 2.79. The van der Waals surface area contributed by atoms with E-state index in [0.717, 1.165) is 19.3 Å². The van der Waals surface area contributed by atoms with E-state index in [1.54, 1.807) is 0 Å². The first-order valence-electron chi connectivity index (χ1n) is 7.39. The number of aromatic nitrogens is 1. The highest BCUT2D eigenvalue weighted by Crippen LogP contribution is 2.48. The first-order valence-corrected chi connectivity index (χ1v) is 7.39. The number of aryl methyl sites for hydroxylation is 1. The van der Waals surface area contributed by atoms with Crippen LogP contribution in [0.5, 0.6) is 0 Å². The highest BCUT2D eigenvalue weighted by molar-refractivity contribution is 5.33. The summed E-state index contributed by atoms with van der Waals surface area (Å²) in [6.07, 6.45) is 6.95. The molecule has 0 saturated heterocycles. The molecule has 3 rings (SSSR count). The minimum absolute atomic E-state index is 0.224. The minimum atomic E-state index is -0.224. The van der Waals surface area contributed by atoms with Crippen molar-refractivity contribution in [1.82, 2.24) is 4.57 Å². The van der Waals surface area contributed by atoms with E-state index in [9.17, 15) is 5.11 Å². The zero-order chi connectivity index (χ0) is 12.9. The van der Waals surface area contributed by atoms with Crippen molar-refractivity contribution < 1.29 is 5.11 Å². The van der Waals surface area contributed by atoms with Gasteiger partial charge in [0.05, 0.1) is 6.10 Å². The Morgan fingerprint density at radius 3 is 2.72 bits per heavy atom. The molecule has 2 aliphatic carbocycles. The normalized spacial score (nSPS) is 30.4. The quantitative estimate of drug-likeness (QED) is 0.799. The number of hydrogen-bond acceptors (Lipinski definition) is 1. The molecule has 0 spiro atoms. The molecule has 18 heavy (non-hydrogen) atoms. The lowest BCUT2D eigenvalue weighted by Gasteiger charge is -2.32. The predicted octanol–water partition coefficient (Wildman–Crippen LogP) is 3.92. The number of aliphatic hydroxyl groups excluding tert-OH is 1. The molecule has 1 N–H and O–H groups in total. The number of rotatable bonds is 1. The average molecular weight is 247 g/mol. The van der Waals surface area contributed by atoms with Gasteiger partial charge < -0.3 is 9.67 Å². The maximum absolute atomic E-state index is 10.2. The molecular formula is C16H25NO. The van der Waals surface area contributed by atoms with E-state index in [1.165, 1.54) is 36.2 Å². The van der Waals surface area contributed by atoms with Crippen LogP contribution in [0.4, 0.5) is 0 Å². The van der Waals surface area contributed by atoms with Crippen LogP contribution < -0.4 is 0 Å². The maximum Gasteiger partial charge on any atom is 0.0807 e. The van der Waals surface area contributed by atoms with E-state index in [0.29, 0.717) is 11.5 Å². The Bertz CT molecular complexity index is 458. The molecule has 1 heterocycles. The van der Waals surface area contributed by atoms with Gasteiger partial charge in [-0.15, -0.1) is 0 Å². The highest BCUT2D eigenvalue weighted by Gasteiger charge is 2.38. The van der Waals surface area contributed by atoms with Crippen LogP contribution in [-0.2, 0) is 6.42 Å². The van der Waals surface area contributed by atoms with E-state index in [1.807, 2.05) is 0 Å². The largest absolute Gasteiger partial charge is 0.388 e. The van der Waals surface area contributed by atoms with Gasteiger partial charge in [-0.1, -0.05) is 20.3 Å². The molecule has 2 aliphatic rings. The number of fused-ring (bicyclic) bond motifs is 1. The third-order valence-electron chi connectivity index (χ3n) is 5.13. The van der Waals surface area contributed by atoms with E-state index >= 15 is 0 Å². The smallest absolute Gasteiger partial charge is 0.0807 e. The van der Waals surface area contributed by atoms with E-state index in [-0.39, 0.29) is 6.10 Å². The molecule has 1 aromatic rings. The van der Waals surface area contributed by atoms with Crippen LogP contribution >= 0.6 is 0 Å². The summed E-state index contributed by atoms with van der Waals surface area (Å²) in [5.41, 5.74) is 4.38. The Hall–Kier alpha value is -0.760. The van der Waals surface area contributed by atoms with Crippen LogP contribution in [0.1, 0.15) is 75.0 Å². The molecule has 0 radical (unpaired) electrons. The molecule has 0 bridgehead atoms. The molecule has 1 saturated carbocycles. The molecule has 2 unspecified atom stereocenters. The summed E-state index contributed by atoms with van der Waals surface area (Å²) in [7, 11) is 0. The highest BCUT2D eigenvalue weighted by atomic mass is 16.3. The van der Waals surface area contributed by atoms with Gasteiger partial charge in [-0.3, -0.25) is 0 Å². The van der Waals surface area contributed by atoms with Gasteiger partial charge in [-0.25, -0.2) is 0 Å². The molecule has 0 aromatic carbocycles. The van der Waals surface area contributed by atoms with Crippen LogP contribution in [0.2, 0.25) is 0 Å². The summed E-state index contributed by atoms with van der Waals surface area (Å²) < 4.78 is 2.56. The lowest BCUT2D eigenvalue weighted by atomic mass is 9.86. The monoisotopic (exact) mass is 247 g/mol. The van der Waals surface area contributed by atoms with Gasteiger partial charge in [-0.2, -0.15) is 0 Å². The van der Waals surface area contributed by atoms with Crippen molar-refractivity contribution in [3.05, 3.63) is 23.0 Å². The topological polar surface area (TPSA) is 25.2 Å². The molecule has 0 amide bonds. The van der Waals surface area contributed by atoms with Crippen molar-refractivity contribution in [3.8, 4) is 0 Å². The van der Waals surface area contributed by atoms with Crippen molar-refractivity contribution in [3.63, 3.8) is 0 Å². The fourth-order valence-electron chi connectivity index (χ4n) is 4.12. The van der Waals surface area contributed by atoms with Crippen LogP contribution in [0.3, 0.4) is 0 Å². The lowest BCUT2D eigenvalue weighted by molar-refractivity contribution is 0.153. The van der Waals surface area contributed by atoms with Crippen molar-refractivity contribution in [2.24, 2.45) is 5.41 Å². The standard InChI is InChI=1S/C16H25NO/c1-11-10-12-13(6-4-7-14(12)18)17(11)15-8-5-9-16(15,2)3/h10,14-15,18H,4-9H2,1-3H3. The predicted molar refractivity (Wildman–Crippen MR) is 73.7 cm³/mol. The minimum Gasteiger partial charge on any atom is -0.388 e. The van der Waals surface area contributed by atoms with Crippen LogP contribution in [0.25, 0.3) is 0 Å². The van der Waals surface area contributed by atoms with Crippen molar-refractivity contribution in [1.29, 1.82) is 0 Å². The second kappa shape index (κ2) is 4.12. The zero-order valence-corrected chi connectivity index (χ0v) is 11.9. The molecule has 100 valence electrons. The summed E-state index contributed by atoms with van der Waals surface area (Å²) in [4.78, 5) is 0. The van der Waals surface area contributed by atoms with E-state index < -0.39 is 0 Å². The van der Waals surface area contributed by atoms with E-state index in [4.69, 9.17) is 0 Å². The van der Waals surface area contributed by atoms with Crippen LogP contribution in [-0.4, -0.2) is 9.67 Å². The van der Waals surface area contributed by atoms with Crippen molar-refractivity contribution in [2.45, 2.75) is 71.4 Å². The summed E-state index contributed by atoms with van der Waals surface area (Å²) >= 11 is 0. The Balaban J connectivity index is 2.07. The second-order valence-electron chi connectivity index (χ2n) is 6.86. The molecule has 0 aliphatic heterocycles. The maximum atomic E-state index is 10.2. The third kappa shape index (κ3) is 1.73. The van der Waals surface area contributed by atoms with Crippen molar-refractivity contribution >= 4 is 0 Å². The van der Waals surface area contributed by atoms with E-state index in [2.05, 4.69) is 31.4 Å². The Morgan fingerprint density at radius 2 is 2.06 bits per heavy atom. The first-order chi connectivity index (χ1) is 8.50. The van der Waals surface area contributed by atoms with Gasteiger partial charge in [0.2, 0.25) is 0 Å². The first kappa shape index (κ1) is 12.3. The fraction of sp³-hybridized carbons (Fsp3) is 0.750. The van der Waals surface area contributed by atoms with Gasteiger partial charge >= 0.3 is 0 Å². The Labute approximate surface area is 110 Å². The van der Waals surface area contributed by atoms with Crippen LogP contribution in [0.15, 0.2) is 6.07 Å². The number of nitrogens with zero attached hydrogens (tertiary/aromatic N) is 1. The zero-order valence-electron chi connectivity index (χ0n) is 11.9. The third-order valence-corrected chi connectivity index (χ3v) is 5.13. The summed E-state index contributed by atoms with van der Waals surface area (Å²) in [6.45, 7) is 7.00. The van der Waals surface area contributed by atoms with Gasteiger partial charge in [0.1, 0.15) is 0 Å². The van der Waals surface area contributed by atoms with Crippen molar-refractivity contribution in [2.75, 3.05) is 0 Å². The number of aliphatic hydroxyl groups is 1. The molecule has 1 aromatic heterocycles. The lowest BCUT2D eigenvalue weighted by Crippen LogP contribution is -2.25. The molecule has 1 fully saturated rings. The number of hydrogen-bond donors (Lipinski definition) is 1. The van der Waals surface area contributed by atoms with Crippen LogP contribution in [0, 0.1) is 12.3 Å². The molecule has 2 atom stereocenters. The fourth-order valence-corrected chi connectivity index (χ4v) is 4.12. The second-order valence-corrected chi connectivity index (χ2v) is 6.86. The van der Waals surface area contributed by atoms with Gasteiger partial charge in [-0.05, 0) is 50.5 Å². The summed E-state index contributed by atoms with van der Waals surface area (Å²) in [5.74, 6) is 0. The van der Waals surface area contributed by atoms with Gasteiger partial charge in [0.15, 0.2) is 0 Å². The molecule has 2 heteroatoms. The van der Waals surface area contributed by atoms with Gasteiger partial charge in [0, 0.05) is 23.0 Å². The Morgan fingerprint density at radius 1 is 1.28 bits per heavy atom. The SMILES string of the molecule is Cc1cc2c(n1C1CCCC1(C)C)CCCC2O. The molecular weight excluding hydrogens is 222 g/mol. The Kier molecular flexibility index (Phi) is 2.81. The summed E-state index contributed by atoms with van der Waals surface area (Å²) in [6, 6.07) is 2.86. The van der Waals surface area contributed by atoms with Gasteiger partial charge in [0.25, 0.3) is 0 Å².